The Kier molecular flexibility index (Phi) is 7.25. The van der Waals surface area contributed by atoms with Gasteiger partial charge in [-0.15, -0.1) is 0 Å². The summed E-state index contributed by atoms with van der Waals surface area (Å²) in [4.78, 5) is 11.3. The lowest BCUT2D eigenvalue weighted by molar-refractivity contribution is 0.0515. The number of nitrogens with zero attached hydrogens (tertiary/aromatic N) is 3. The third-order valence-corrected chi connectivity index (χ3v) is 6.75. The predicted octanol–water partition coefficient (Wildman–Crippen LogP) is 4.40. The molecular formula is C23H30ClN5OS. The maximum atomic E-state index is 6.29. The second-order valence-electron chi connectivity index (χ2n) is 8.63. The zero-order valence-corrected chi connectivity index (χ0v) is 19.5. The van der Waals surface area contributed by atoms with Crippen molar-refractivity contribution in [1.29, 1.82) is 0 Å². The molecule has 0 spiro atoms. The summed E-state index contributed by atoms with van der Waals surface area (Å²) in [7, 11) is 0. The average molecular weight is 460 g/mol. The van der Waals surface area contributed by atoms with Crippen molar-refractivity contribution < 1.29 is 4.74 Å². The molecule has 0 bridgehead atoms. The van der Waals surface area contributed by atoms with Crippen LogP contribution in [0.3, 0.4) is 0 Å². The van der Waals surface area contributed by atoms with Crippen molar-refractivity contribution in [3.05, 3.63) is 47.1 Å². The monoisotopic (exact) mass is 459 g/mol. The zero-order valence-electron chi connectivity index (χ0n) is 17.9. The largest absolute Gasteiger partial charge is 0.381 e. The maximum absolute atomic E-state index is 6.29. The van der Waals surface area contributed by atoms with Gasteiger partial charge in [-0.2, -0.15) is 4.98 Å². The molecule has 0 amide bonds. The Morgan fingerprint density at radius 2 is 2.03 bits per heavy atom. The van der Waals surface area contributed by atoms with Gasteiger partial charge < -0.3 is 20.3 Å². The standard InChI is InChI=1S/C23H30ClN5OS/c1-17-6-5-11-29(15-17)20-14-19(24)26-21(27-20)28-22(31)25-16-23(9-12-30-13-10-23)18-7-3-2-4-8-18/h2-4,7-8,14,17H,5-6,9-13,15-16H2,1H3,(H2,25,26,27,28,31)/t17-/m1/s1. The molecule has 2 fully saturated rings. The lowest BCUT2D eigenvalue weighted by atomic mass is 9.74. The fraction of sp³-hybridized carbons (Fsp3) is 0.522. The third kappa shape index (κ3) is 5.64. The first-order valence-corrected chi connectivity index (χ1v) is 11.8. The molecule has 0 saturated carbocycles. The third-order valence-electron chi connectivity index (χ3n) is 6.31. The van der Waals surface area contributed by atoms with Gasteiger partial charge in [0.05, 0.1) is 0 Å². The summed E-state index contributed by atoms with van der Waals surface area (Å²) in [6.07, 6.45) is 4.33. The van der Waals surface area contributed by atoms with E-state index >= 15 is 0 Å². The van der Waals surface area contributed by atoms with Crippen molar-refractivity contribution in [1.82, 2.24) is 15.3 Å². The van der Waals surface area contributed by atoms with Crippen molar-refractivity contribution in [2.75, 3.05) is 43.1 Å². The molecule has 166 valence electrons. The van der Waals surface area contributed by atoms with E-state index in [0.717, 1.165) is 57.9 Å². The second-order valence-corrected chi connectivity index (χ2v) is 9.43. The van der Waals surface area contributed by atoms with Crippen LogP contribution in [0.5, 0.6) is 0 Å². The molecule has 2 N–H and O–H groups in total. The molecule has 2 aliphatic heterocycles. The molecule has 1 aromatic heterocycles. The summed E-state index contributed by atoms with van der Waals surface area (Å²) in [5.41, 5.74) is 1.31. The van der Waals surface area contributed by atoms with E-state index in [2.05, 4.69) is 56.7 Å². The Hall–Kier alpha value is -1.96. The predicted molar refractivity (Wildman–Crippen MR) is 130 cm³/mol. The van der Waals surface area contributed by atoms with E-state index in [1.807, 2.05) is 12.1 Å². The minimum absolute atomic E-state index is 0.00442. The van der Waals surface area contributed by atoms with Crippen LogP contribution in [0.1, 0.15) is 38.2 Å². The van der Waals surface area contributed by atoms with E-state index in [-0.39, 0.29) is 5.41 Å². The Morgan fingerprint density at radius 1 is 1.26 bits per heavy atom. The number of thiocarbonyl (C=S) groups is 1. The van der Waals surface area contributed by atoms with Crippen LogP contribution in [-0.4, -0.2) is 47.9 Å². The molecule has 0 aliphatic carbocycles. The van der Waals surface area contributed by atoms with Crippen molar-refractivity contribution in [3.63, 3.8) is 0 Å². The first kappa shape index (κ1) is 22.2. The lowest BCUT2D eigenvalue weighted by Gasteiger charge is -2.38. The molecule has 31 heavy (non-hydrogen) atoms. The highest BCUT2D eigenvalue weighted by Gasteiger charge is 2.34. The molecule has 3 heterocycles. The molecule has 2 aromatic rings. The number of aromatic nitrogens is 2. The van der Waals surface area contributed by atoms with Crippen LogP contribution < -0.4 is 15.5 Å². The molecular weight excluding hydrogens is 430 g/mol. The first-order chi connectivity index (χ1) is 15.0. The van der Waals surface area contributed by atoms with Gasteiger partial charge >= 0.3 is 0 Å². The summed E-state index contributed by atoms with van der Waals surface area (Å²) in [5, 5.41) is 7.45. The van der Waals surface area contributed by atoms with E-state index in [1.165, 1.54) is 12.0 Å². The molecule has 8 heteroatoms. The normalized spacial score (nSPS) is 20.8. The van der Waals surface area contributed by atoms with Gasteiger partial charge in [0, 0.05) is 44.3 Å². The van der Waals surface area contributed by atoms with Gasteiger partial charge in [0.15, 0.2) is 5.11 Å². The minimum atomic E-state index is -0.00442. The Morgan fingerprint density at radius 3 is 2.77 bits per heavy atom. The fourth-order valence-electron chi connectivity index (χ4n) is 4.54. The number of nitrogens with one attached hydrogen (secondary N) is 2. The van der Waals surface area contributed by atoms with Crippen molar-refractivity contribution in [2.24, 2.45) is 5.92 Å². The molecule has 0 unspecified atom stereocenters. The van der Waals surface area contributed by atoms with Crippen LogP contribution in [0.25, 0.3) is 0 Å². The number of anilines is 2. The Balaban J connectivity index is 1.42. The van der Waals surface area contributed by atoms with Gasteiger partial charge in [0.2, 0.25) is 5.95 Å². The number of ether oxygens (including phenoxy) is 1. The maximum Gasteiger partial charge on any atom is 0.232 e. The average Bonchev–Trinajstić information content (AvgIpc) is 2.79. The number of halogens is 1. The molecule has 2 saturated heterocycles. The summed E-state index contributed by atoms with van der Waals surface area (Å²) in [6, 6.07) is 12.4. The SMILES string of the molecule is C[C@@H]1CCCN(c2cc(Cl)nc(NC(=S)NCC3(c4ccccc4)CCOCC3)n2)C1. The smallest absolute Gasteiger partial charge is 0.232 e. The van der Waals surface area contributed by atoms with Crippen molar-refractivity contribution in [3.8, 4) is 0 Å². The second kappa shape index (κ2) is 10.1. The lowest BCUT2D eigenvalue weighted by Crippen LogP contribution is -2.45. The van der Waals surface area contributed by atoms with E-state index in [1.54, 1.807) is 0 Å². The fourth-order valence-corrected chi connectivity index (χ4v) is 4.88. The molecule has 1 atom stereocenters. The summed E-state index contributed by atoms with van der Waals surface area (Å²) < 4.78 is 5.62. The number of benzene rings is 1. The Bertz CT molecular complexity index is 891. The quantitative estimate of drug-likeness (QED) is 0.507. The van der Waals surface area contributed by atoms with Gasteiger partial charge in [-0.05, 0) is 49.4 Å². The van der Waals surface area contributed by atoms with E-state index < -0.39 is 0 Å². The van der Waals surface area contributed by atoms with Crippen LogP contribution in [0.4, 0.5) is 11.8 Å². The van der Waals surface area contributed by atoms with Crippen LogP contribution >= 0.6 is 23.8 Å². The van der Waals surface area contributed by atoms with Crippen LogP contribution in [0.2, 0.25) is 5.15 Å². The number of hydrogen-bond acceptors (Lipinski definition) is 5. The van der Waals surface area contributed by atoms with E-state index in [0.29, 0.717) is 22.1 Å². The van der Waals surface area contributed by atoms with Crippen molar-refractivity contribution in [2.45, 2.75) is 38.0 Å². The molecule has 0 radical (unpaired) electrons. The highest BCUT2D eigenvalue weighted by molar-refractivity contribution is 7.80. The highest BCUT2D eigenvalue weighted by atomic mass is 35.5. The summed E-state index contributed by atoms with van der Waals surface area (Å²) in [5.74, 6) is 1.93. The number of hydrogen-bond donors (Lipinski definition) is 2. The van der Waals surface area contributed by atoms with E-state index in [9.17, 15) is 0 Å². The van der Waals surface area contributed by atoms with Gasteiger partial charge in [0.25, 0.3) is 0 Å². The topological polar surface area (TPSA) is 62.3 Å². The van der Waals surface area contributed by atoms with E-state index in [4.69, 9.17) is 28.6 Å². The minimum Gasteiger partial charge on any atom is -0.381 e. The Labute approximate surface area is 194 Å². The molecule has 2 aliphatic rings. The van der Waals surface area contributed by atoms with Crippen molar-refractivity contribution >= 4 is 40.7 Å². The number of rotatable bonds is 5. The molecule has 6 nitrogen and oxygen atoms in total. The van der Waals surface area contributed by atoms with Gasteiger partial charge in [-0.1, -0.05) is 48.9 Å². The van der Waals surface area contributed by atoms with Crippen LogP contribution in [0.15, 0.2) is 36.4 Å². The summed E-state index contributed by atoms with van der Waals surface area (Å²) in [6.45, 7) is 6.48. The van der Waals surface area contributed by atoms with Gasteiger partial charge in [0.1, 0.15) is 11.0 Å². The van der Waals surface area contributed by atoms with Crippen LogP contribution in [-0.2, 0) is 10.2 Å². The zero-order chi connectivity index (χ0) is 21.7. The van der Waals surface area contributed by atoms with Crippen LogP contribution in [0, 0.1) is 5.92 Å². The highest BCUT2D eigenvalue weighted by Crippen LogP contribution is 2.34. The number of piperidine rings is 1. The summed E-state index contributed by atoms with van der Waals surface area (Å²) >= 11 is 11.9. The molecule has 1 aromatic carbocycles. The van der Waals surface area contributed by atoms with Gasteiger partial charge in [-0.25, -0.2) is 4.98 Å². The first-order valence-electron chi connectivity index (χ1n) is 11.0. The van der Waals surface area contributed by atoms with Gasteiger partial charge in [-0.3, -0.25) is 0 Å². The molecule has 4 rings (SSSR count).